The number of benzene rings is 1. The molecule has 3 heterocycles. The van der Waals surface area contributed by atoms with E-state index < -0.39 is 0 Å². The Hall–Kier alpha value is -2.88. The number of hydrogen-bond donors (Lipinski definition) is 2. The molecule has 0 spiro atoms. The van der Waals surface area contributed by atoms with Gasteiger partial charge in [-0.05, 0) is 36.6 Å². The van der Waals surface area contributed by atoms with Gasteiger partial charge in [-0.15, -0.1) is 0 Å². The average Bonchev–Trinajstić information content (AvgIpc) is 3.13. The van der Waals surface area contributed by atoms with Gasteiger partial charge in [0.25, 0.3) is 5.91 Å². The predicted octanol–water partition coefficient (Wildman–Crippen LogP) is 4.37. The normalized spacial score (nSPS) is 13.3. The number of nitrogens with one attached hydrogen (secondary N) is 2. The van der Waals surface area contributed by atoms with Crippen molar-refractivity contribution in [2.24, 2.45) is 0 Å². The number of carbonyl (C=O) groups excluding carboxylic acids is 1. The quantitative estimate of drug-likeness (QED) is 0.721. The number of H-pyrrole nitrogens is 1. The van der Waals surface area contributed by atoms with Gasteiger partial charge in [-0.2, -0.15) is 0 Å². The van der Waals surface area contributed by atoms with Crippen LogP contribution in [0.15, 0.2) is 48.7 Å². The van der Waals surface area contributed by atoms with Gasteiger partial charge in [-0.1, -0.05) is 37.6 Å². The van der Waals surface area contributed by atoms with E-state index in [-0.39, 0.29) is 5.91 Å². The molecule has 0 unspecified atom stereocenters. The Morgan fingerprint density at radius 1 is 1.08 bits per heavy atom. The lowest BCUT2D eigenvalue weighted by molar-refractivity contribution is 0.0946. The van der Waals surface area contributed by atoms with Gasteiger partial charge in [0.1, 0.15) is 0 Å². The summed E-state index contributed by atoms with van der Waals surface area (Å²) in [7, 11) is 0. The van der Waals surface area contributed by atoms with Crippen LogP contribution >= 0.6 is 0 Å². The molecule has 0 saturated heterocycles. The summed E-state index contributed by atoms with van der Waals surface area (Å²) >= 11 is 0. The topological polar surface area (TPSA) is 57.8 Å². The van der Waals surface area contributed by atoms with Crippen LogP contribution in [-0.4, -0.2) is 22.4 Å². The van der Waals surface area contributed by atoms with Crippen molar-refractivity contribution < 1.29 is 4.79 Å². The minimum Gasteiger partial charge on any atom is -0.358 e. The van der Waals surface area contributed by atoms with E-state index in [0.717, 1.165) is 46.6 Å². The SMILES string of the molecule is CCCCc1ccc(-c2cc(-c3cc4c([nH]3)CCNC4=O)ccn2)cc1. The van der Waals surface area contributed by atoms with Crippen LogP contribution in [0.5, 0.6) is 0 Å². The number of aromatic amines is 1. The molecule has 3 aromatic rings. The van der Waals surface area contributed by atoms with E-state index in [0.29, 0.717) is 6.54 Å². The molecule has 4 nitrogen and oxygen atoms in total. The molecule has 0 saturated carbocycles. The Kier molecular flexibility index (Phi) is 4.57. The van der Waals surface area contributed by atoms with E-state index in [1.165, 1.54) is 18.4 Å². The van der Waals surface area contributed by atoms with Crippen molar-refractivity contribution in [3.63, 3.8) is 0 Å². The summed E-state index contributed by atoms with van der Waals surface area (Å²) in [6.07, 6.45) is 6.23. The highest BCUT2D eigenvalue weighted by Gasteiger charge is 2.20. The van der Waals surface area contributed by atoms with Crippen molar-refractivity contribution in [2.45, 2.75) is 32.6 Å². The van der Waals surface area contributed by atoms with Gasteiger partial charge in [0, 0.05) is 41.7 Å². The molecule has 2 aromatic heterocycles. The number of amides is 1. The lowest BCUT2D eigenvalue weighted by Gasteiger charge is -2.11. The largest absolute Gasteiger partial charge is 0.358 e. The molecule has 132 valence electrons. The second-order valence-electron chi connectivity index (χ2n) is 6.81. The molecular formula is C22H23N3O. The Labute approximate surface area is 153 Å². The van der Waals surface area contributed by atoms with Crippen LogP contribution < -0.4 is 5.32 Å². The van der Waals surface area contributed by atoms with Crippen LogP contribution in [0.2, 0.25) is 0 Å². The molecule has 1 aliphatic rings. The molecule has 1 aliphatic heterocycles. The maximum atomic E-state index is 12.0. The summed E-state index contributed by atoms with van der Waals surface area (Å²) in [6, 6.07) is 14.7. The van der Waals surface area contributed by atoms with E-state index in [2.05, 4.69) is 52.5 Å². The third kappa shape index (κ3) is 3.27. The van der Waals surface area contributed by atoms with E-state index in [1.54, 1.807) is 0 Å². The van der Waals surface area contributed by atoms with Crippen LogP contribution in [-0.2, 0) is 12.8 Å². The monoisotopic (exact) mass is 345 g/mol. The Balaban J connectivity index is 1.62. The second-order valence-corrected chi connectivity index (χ2v) is 6.81. The molecule has 0 atom stereocenters. The molecular weight excluding hydrogens is 322 g/mol. The summed E-state index contributed by atoms with van der Waals surface area (Å²) in [4.78, 5) is 19.9. The molecule has 0 fully saturated rings. The first-order valence-electron chi connectivity index (χ1n) is 9.30. The number of aromatic nitrogens is 2. The number of hydrogen-bond acceptors (Lipinski definition) is 2. The molecule has 1 amide bonds. The average molecular weight is 345 g/mol. The maximum absolute atomic E-state index is 12.0. The molecule has 4 heteroatoms. The van der Waals surface area contributed by atoms with Gasteiger partial charge in [-0.3, -0.25) is 9.78 Å². The molecule has 4 rings (SSSR count). The van der Waals surface area contributed by atoms with E-state index >= 15 is 0 Å². The van der Waals surface area contributed by atoms with Crippen LogP contribution in [0.25, 0.3) is 22.5 Å². The van der Waals surface area contributed by atoms with Crippen LogP contribution in [0.3, 0.4) is 0 Å². The van der Waals surface area contributed by atoms with Crippen molar-refractivity contribution in [1.29, 1.82) is 0 Å². The zero-order valence-corrected chi connectivity index (χ0v) is 15.0. The highest BCUT2D eigenvalue weighted by atomic mass is 16.1. The van der Waals surface area contributed by atoms with Crippen molar-refractivity contribution >= 4 is 5.91 Å². The standard InChI is InChI=1S/C22H23N3O/c1-2-3-4-15-5-7-16(8-6-15)20-13-17(9-11-23-20)21-14-18-19(25-21)10-12-24-22(18)26/h5-9,11,13-14,25H,2-4,10,12H2,1H3,(H,24,26). The van der Waals surface area contributed by atoms with Crippen molar-refractivity contribution in [2.75, 3.05) is 6.54 Å². The predicted molar refractivity (Wildman–Crippen MR) is 104 cm³/mol. The molecule has 0 bridgehead atoms. The van der Waals surface area contributed by atoms with Crippen LogP contribution in [0, 0.1) is 0 Å². The van der Waals surface area contributed by atoms with Crippen LogP contribution in [0.4, 0.5) is 0 Å². The molecule has 2 N–H and O–H groups in total. The third-order valence-corrected chi connectivity index (χ3v) is 4.94. The van der Waals surface area contributed by atoms with Gasteiger partial charge < -0.3 is 10.3 Å². The van der Waals surface area contributed by atoms with Gasteiger partial charge in [-0.25, -0.2) is 0 Å². The number of rotatable bonds is 5. The van der Waals surface area contributed by atoms with Gasteiger partial charge in [0.2, 0.25) is 0 Å². The molecule has 0 aliphatic carbocycles. The first kappa shape index (κ1) is 16.6. The minimum atomic E-state index is 0.00528. The summed E-state index contributed by atoms with van der Waals surface area (Å²) in [5.41, 5.74) is 7.22. The fourth-order valence-corrected chi connectivity index (χ4v) is 3.43. The third-order valence-electron chi connectivity index (χ3n) is 4.94. The molecule has 1 aromatic carbocycles. The number of fused-ring (bicyclic) bond motifs is 1. The fraction of sp³-hybridized carbons (Fsp3) is 0.273. The molecule has 26 heavy (non-hydrogen) atoms. The number of unbranched alkanes of at least 4 members (excludes halogenated alkanes) is 1. The lowest BCUT2D eigenvalue weighted by atomic mass is 10.0. The van der Waals surface area contributed by atoms with Gasteiger partial charge in [0.15, 0.2) is 0 Å². The Bertz CT molecular complexity index is 925. The highest BCUT2D eigenvalue weighted by molar-refractivity contribution is 5.97. The molecule has 0 radical (unpaired) electrons. The zero-order valence-electron chi connectivity index (χ0n) is 15.0. The van der Waals surface area contributed by atoms with E-state index in [1.807, 2.05) is 18.3 Å². The smallest absolute Gasteiger partial charge is 0.253 e. The maximum Gasteiger partial charge on any atom is 0.253 e. The summed E-state index contributed by atoms with van der Waals surface area (Å²) in [5, 5.41) is 2.89. The van der Waals surface area contributed by atoms with Crippen molar-refractivity contribution in [3.05, 3.63) is 65.5 Å². The zero-order chi connectivity index (χ0) is 17.9. The lowest BCUT2D eigenvalue weighted by Crippen LogP contribution is -2.31. The number of pyridine rings is 1. The first-order valence-corrected chi connectivity index (χ1v) is 9.30. The number of nitrogens with zero attached hydrogens (tertiary/aromatic N) is 1. The van der Waals surface area contributed by atoms with E-state index in [9.17, 15) is 4.79 Å². The Morgan fingerprint density at radius 3 is 2.69 bits per heavy atom. The van der Waals surface area contributed by atoms with Gasteiger partial charge in [0.05, 0.1) is 11.3 Å². The van der Waals surface area contributed by atoms with Crippen molar-refractivity contribution in [1.82, 2.24) is 15.3 Å². The second kappa shape index (κ2) is 7.16. The summed E-state index contributed by atoms with van der Waals surface area (Å²) < 4.78 is 0. The summed E-state index contributed by atoms with van der Waals surface area (Å²) in [5.74, 6) is 0.00528. The van der Waals surface area contributed by atoms with Crippen LogP contribution in [0.1, 0.15) is 41.4 Å². The first-order chi connectivity index (χ1) is 12.7. The number of aryl methyl sites for hydroxylation is 1. The number of carbonyl (C=O) groups is 1. The Morgan fingerprint density at radius 2 is 1.92 bits per heavy atom. The summed E-state index contributed by atoms with van der Waals surface area (Å²) in [6.45, 7) is 2.91. The highest BCUT2D eigenvalue weighted by Crippen LogP contribution is 2.27. The van der Waals surface area contributed by atoms with Crippen molar-refractivity contribution in [3.8, 4) is 22.5 Å². The van der Waals surface area contributed by atoms with E-state index in [4.69, 9.17) is 0 Å². The fourth-order valence-electron chi connectivity index (χ4n) is 3.43. The minimum absolute atomic E-state index is 0.00528. The van der Waals surface area contributed by atoms with Gasteiger partial charge >= 0.3 is 0 Å².